The number of benzene rings is 2. The third-order valence-corrected chi connectivity index (χ3v) is 7.09. The van der Waals surface area contributed by atoms with Crippen LogP contribution >= 0.6 is 11.5 Å². The molecular formula is C27H31ClFN5O2S. The van der Waals surface area contributed by atoms with Crippen LogP contribution < -0.4 is 23.7 Å². The Morgan fingerprint density at radius 1 is 1.19 bits per heavy atom. The quantitative estimate of drug-likeness (QED) is 0.364. The van der Waals surface area contributed by atoms with Crippen molar-refractivity contribution >= 4 is 27.7 Å². The van der Waals surface area contributed by atoms with E-state index in [0.29, 0.717) is 33.8 Å². The molecule has 0 spiro atoms. The molecule has 0 aliphatic carbocycles. The second-order valence-electron chi connectivity index (χ2n) is 9.24. The number of nitrogens with zero attached hydrogens (tertiary/aromatic N) is 4. The van der Waals surface area contributed by atoms with E-state index in [4.69, 9.17) is 10.7 Å². The van der Waals surface area contributed by atoms with Gasteiger partial charge in [-0.1, -0.05) is 50.2 Å². The highest BCUT2D eigenvalue weighted by Crippen LogP contribution is 2.31. The first-order chi connectivity index (χ1) is 17.2. The number of aryl methyl sites for hydroxylation is 2. The van der Waals surface area contributed by atoms with Crippen molar-refractivity contribution in [2.24, 2.45) is 11.7 Å². The third-order valence-electron chi connectivity index (χ3n) is 6.26. The molecule has 0 saturated carbocycles. The fourth-order valence-corrected chi connectivity index (χ4v) is 5.20. The zero-order valence-electron chi connectivity index (χ0n) is 22.2. The molecule has 0 saturated heterocycles. The molecule has 1 atom stereocenters. The lowest BCUT2D eigenvalue weighted by molar-refractivity contribution is -0.0000184. The average molecular weight is 544 g/mol. The van der Waals surface area contributed by atoms with Crippen LogP contribution in [-0.2, 0) is 6.54 Å². The summed E-state index contributed by atoms with van der Waals surface area (Å²) < 4.78 is 20.3. The molecule has 0 aliphatic heterocycles. The summed E-state index contributed by atoms with van der Waals surface area (Å²) >= 11 is 1.17. The molecule has 0 radical (unpaired) electrons. The Morgan fingerprint density at radius 2 is 1.89 bits per heavy atom. The minimum absolute atomic E-state index is 0. The first-order valence-corrected chi connectivity index (χ1v) is 12.7. The van der Waals surface area contributed by atoms with E-state index in [-0.39, 0.29) is 49.9 Å². The topological polar surface area (TPSA) is 94.1 Å². The van der Waals surface area contributed by atoms with Crippen molar-refractivity contribution in [3.63, 3.8) is 0 Å². The molecule has 1 unspecified atom stereocenters. The number of nitrogens with two attached hydrogens (primary N) is 1. The highest BCUT2D eigenvalue weighted by Gasteiger charge is 2.33. The van der Waals surface area contributed by atoms with Crippen molar-refractivity contribution in [1.82, 2.24) is 18.8 Å². The van der Waals surface area contributed by atoms with Crippen LogP contribution in [0, 0.1) is 25.6 Å². The van der Waals surface area contributed by atoms with E-state index >= 15 is 0 Å². The number of carbonyl (C=O) groups is 1. The number of halogens is 2. The van der Waals surface area contributed by atoms with Crippen molar-refractivity contribution in [3.8, 4) is 0 Å². The molecule has 2 aromatic carbocycles. The van der Waals surface area contributed by atoms with Gasteiger partial charge in [-0.05, 0) is 54.6 Å². The minimum Gasteiger partial charge on any atom is -1.00 e. The van der Waals surface area contributed by atoms with Gasteiger partial charge in [0.15, 0.2) is 4.83 Å². The van der Waals surface area contributed by atoms with Crippen LogP contribution in [0.15, 0.2) is 53.3 Å². The number of carbonyl (C=O) groups excluding carboxylic acids is 1. The molecule has 10 heteroatoms. The van der Waals surface area contributed by atoms with Gasteiger partial charge < -0.3 is 23.0 Å². The highest BCUT2D eigenvalue weighted by molar-refractivity contribution is 7.12. The molecule has 2 aromatic heterocycles. The lowest BCUT2D eigenvalue weighted by Gasteiger charge is -2.35. The SMILES string of the molecule is Cc1ccc(C(=O)N(CCN)C(c2nc3snc(C)c3c(=O)n2Cc2ccccc2)C(C)C)cc1F.[Cl-].[H+]. The second-order valence-corrected chi connectivity index (χ2v) is 9.99. The van der Waals surface area contributed by atoms with Crippen molar-refractivity contribution in [2.75, 3.05) is 13.1 Å². The van der Waals surface area contributed by atoms with E-state index in [9.17, 15) is 14.0 Å². The second kappa shape index (κ2) is 11.9. The number of hydrogen-bond donors (Lipinski definition) is 1. The number of aromatic nitrogens is 3. The van der Waals surface area contributed by atoms with Gasteiger partial charge in [-0.3, -0.25) is 14.2 Å². The summed E-state index contributed by atoms with van der Waals surface area (Å²) in [4.78, 5) is 34.5. The predicted octanol–water partition coefficient (Wildman–Crippen LogP) is 1.57. The molecule has 4 aromatic rings. The zero-order valence-corrected chi connectivity index (χ0v) is 22.8. The van der Waals surface area contributed by atoms with Crippen LogP contribution in [0.25, 0.3) is 10.2 Å². The number of amides is 1. The molecule has 0 aliphatic rings. The van der Waals surface area contributed by atoms with E-state index in [1.165, 1.54) is 17.6 Å². The van der Waals surface area contributed by atoms with Gasteiger partial charge >= 0.3 is 1.43 Å². The van der Waals surface area contributed by atoms with Crippen LogP contribution in [0.4, 0.5) is 4.39 Å². The Kier molecular flexibility index (Phi) is 9.17. The molecule has 2 heterocycles. The van der Waals surface area contributed by atoms with Gasteiger partial charge in [0.2, 0.25) is 0 Å². The van der Waals surface area contributed by atoms with Crippen molar-refractivity contribution in [2.45, 2.75) is 40.3 Å². The van der Waals surface area contributed by atoms with Gasteiger partial charge in [0.1, 0.15) is 11.6 Å². The molecular weight excluding hydrogens is 513 g/mol. The van der Waals surface area contributed by atoms with Crippen molar-refractivity contribution in [3.05, 3.63) is 92.9 Å². The van der Waals surface area contributed by atoms with E-state index in [1.807, 2.05) is 44.2 Å². The van der Waals surface area contributed by atoms with Gasteiger partial charge in [-0.2, -0.15) is 4.37 Å². The van der Waals surface area contributed by atoms with Crippen LogP contribution in [0.1, 0.15) is 54.3 Å². The average Bonchev–Trinajstić information content (AvgIpc) is 3.23. The van der Waals surface area contributed by atoms with Crippen LogP contribution in [0.5, 0.6) is 0 Å². The van der Waals surface area contributed by atoms with E-state index in [0.717, 1.165) is 5.56 Å². The lowest BCUT2D eigenvalue weighted by atomic mass is 9.99. The van der Waals surface area contributed by atoms with Gasteiger partial charge in [-0.25, -0.2) is 9.37 Å². The monoisotopic (exact) mass is 543 g/mol. The highest BCUT2D eigenvalue weighted by atomic mass is 35.5. The molecule has 7 nitrogen and oxygen atoms in total. The first-order valence-electron chi connectivity index (χ1n) is 11.9. The molecule has 0 bridgehead atoms. The Labute approximate surface area is 227 Å². The largest absolute Gasteiger partial charge is 1.00 e. The summed E-state index contributed by atoms with van der Waals surface area (Å²) in [6.07, 6.45) is 0. The molecule has 196 valence electrons. The molecule has 0 fully saturated rings. The van der Waals surface area contributed by atoms with E-state index < -0.39 is 11.9 Å². The smallest absolute Gasteiger partial charge is 1.00 e. The van der Waals surface area contributed by atoms with E-state index in [2.05, 4.69) is 4.37 Å². The number of hydrogen-bond acceptors (Lipinski definition) is 6. The lowest BCUT2D eigenvalue weighted by Crippen LogP contribution is -3.00. The summed E-state index contributed by atoms with van der Waals surface area (Å²) in [5.41, 5.74) is 7.99. The van der Waals surface area contributed by atoms with Crippen LogP contribution in [0.2, 0.25) is 0 Å². The Bertz CT molecular complexity index is 1460. The predicted molar refractivity (Wildman–Crippen MR) is 142 cm³/mol. The van der Waals surface area contributed by atoms with Crippen LogP contribution in [0.3, 0.4) is 0 Å². The fourth-order valence-electron chi connectivity index (χ4n) is 4.42. The Hall–Kier alpha value is -3.14. The van der Waals surface area contributed by atoms with Gasteiger partial charge in [0.05, 0.1) is 23.7 Å². The molecule has 2 N–H and O–H groups in total. The summed E-state index contributed by atoms with van der Waals surface area (Å²) in [7, 11) is 0. The van der Waals surface area contributed by atoms with Gasteiger partial charge in [-0.15, -0.1) is 0 Å². The maximum Gasteiger partial charge on any atom is 1.00 e. The van der Waals surface area contributed by atoms with Crippen molar-refractivity contribution in [1.29, 1.82) is 0 Å². The Balaban J connectivity index is 0.00000253. The van der Waals surface area contributed by atoms with E-state index in [1.54, 1.807) is 35.4 Å². The number of rotatable bonds is 8. The molecule has 1 amide bonds. The standard InChI is InChI=1S/C27H30FN5O2S.ClH/c1-16(2)23(32(13-12-29)26(34)20-11-10-17(3)21(28)14-20)24-30-25-22(18(4)31-36-25)27(35)33(24)15-19-8-6-5-7-9-19;/h5-11,14,16,23H,12-13,15,29H2,1-4H3;1H. The fraction of sp³-hybridized carbons (Fsp3) is 0.333. The maximum absolute atomic E-state index is 14.3. The summed E-state index contributed by atoms with van der Waals surface area (Å²) in [5.74, 6) is -0.463. The number of fused-ring (bicyclic) bond motifs is 1. The Morgan fingerprint density at radius 3 is 2.51 bits per heavy atom. The minimum atomic E-state index is -0.575. The molecule has 37 heavy (non-hydrogen) atoms. The van der Waals surface area contributed by atoms with Gasteiger partial charge in [0, 0.05) is 18.7 Å². The first kappa shape index (κ1) is 28.4. The zero-order chi connectivity index (χ0) is 26.0. The normalized spacial score (nSPS) is 12.0. The third kappa shape index (κ3) is 5.74. The summed E-state index contributed by atoms with van der Waals surface area (Å²) in [5, 5.41) is 0.486. The van der Waals surface area contributed by atoms with Crippen molar-refractivity contribution < 1.29 is 23.0 Å². The van der Waals surface area contributed by atoms with Gasteiger partial charge in [0.25, 0.3) is 11.5 Å². The van der Waals surface area contributed by atoms with Crippen LogP contribution in [-0.4, -0.2) is 37.8 Å². The summed E-state index contributed by atoms with van der Waals surface area (Å²) in [6, 6.07) is 13.5. The summed E-state index contributed by atoms with van der Waals surface area (Å²) in [6.45, 7) is 8.10. The maximum atomic E-state index is 14.3. The molecule has 4 rings (SSSR count).